The smallest absolute Gasteiger partial charge is 0.260 e. The number of hydrogen-bond donors (Lipinski definition) is 1. The lowest BCUT2D eigenvalue weighted by Gasteiger charge is -2.06. The summed E-state index contributed by atoms with van der Waals surface area (Å²) < 4.78 is 1.77. The second kappa shape index (κ2) is 7.36. The Morgan fingerprint density at radius 3 is 2.86 bits per heavy atom. The zero-order valence-electron chi connectivity index (χ0n) is 12.8. The molecule has 0 aliphatic carbocycles. The molecule has 0 saturated carbocycles. The first kappa shape index (κ1) is 15.7. The third-order valence-electron chi connectivity index (χ3n) is 3.09. The van der Waals surface area contributed by atoms with Gasteiger partial charge in [0.1, 0.15) is 0 Å². The Kier molecular flexibility index (Phi) is 5.50. The predicted molar refractivity (Wildman–Crippen MR) is 87.9 cm³/mol. The Morgan fingerprint density at radius 2 is 2.14 bits per heavy atom. The first-order valence-corrected chi connectivity index (χ1v) is 8.23. The lowest BCUT2D eigenvalue weighted by atomic mass is 10.2. The molecule has 0 fully saturated rings. The van der Waals surface area contributed by atoms with E-state index in [1.54, 1.807) is 4.57 Å². The maximum absolute atomic E-state index is 12.5. The van der Waals surface area contributed by atoms with Crippen LogP contribution >= 0.6 is 11.3 Å². The standard InChI is InChI=1S/C15H22N4OS/c1-4-5-6-9-19-10-7-8-12(14(19)20)13-17-18-15(21-13)16-11(2)3/h7-8,10-11H,4-6,9H2,1-3H3,(H,16,18). The molecule has 0 bridgehead atoms. The van der Waals surface area contributed by atoms with Crippen molar-refractivity contribution in [3.05, 3.63) is 28.7 Å². The van der Waals surface area contributed by atoms with Crippen LogP contribution in [0.1, 0.15) is 40.0 Å². The number of pyridine rings is 1. The van der Waals surface area contributed by atoms with Crippen LogP contribution in [0.25, 0.3) is 10.6 Å². The summed E-state index contributed by atoms with van der Waals surface area (Å²) in [6.45, 7) is 7.01. The summed E-state index contributed by atoms with van der Waals surface area (Å²) in [7, 11) is 0. The van der Waals surface area contributed by atoms with Gasteiger partial charge in [0.2, 0.25) is 5.13 Å². The van der Waals surface area contributed by atoms with Crippen LogP contribution in [-0.2, 0) is 6.54 Å². The average molecular weight is 306 g/mol. The minimum Gasteiger partial charge on any atom is -0.358 e. The quantitative estimate of drug-likeness (QED) is 0.797. The van der Waals surface area contributed by atoms with E-state index in [2.05, 4.69) is 22.4 Å². The largest absolute Gasteiger partial charge is 0.358 e. The van der Waals surface area contributed by atoms with Crippen LogP contribution in [0.4, 0.5) is 5.13 Å². The molecule has 6 heteroatoms. The lowest BCUT2D eigenvalue weighted by Crippen LogP contribution is -2.20. The van der Waals surface area contributed by atoms with Crippen molar-refractivity contribution >= 4 is 16.5 Å². The minimum atomic E-state index is 0.0147. The maximum atomic E-state index is 12.5. The zero-order chi connectivity index (χ0) is 15.2. The number of aryl methyl sites for hydroxylation is 1. The number of hydrogen-bond acceptors (Lipinski definition) is 5. The molecule has 0 unspecified atom stereocenters. The van der Waals surface area contributed by atoms with E-state index in [-0.39, 0.29) is 5.56 Å². The topological polar surface area (TPSA) is 59.8 Å². The van der Waals surface area contributed by atoms with E-state index in [1.165, 1.54) is 11.3 Å². The molecular weight excluding hydrogens is 284 g/mol. The van der Waals surface area contributed by atoms with Gasteiger partial charge in [0.05, 0.1) is 5.56 Å². The lowest BCUT2D eigenvalue weighted by molar-refractivity contribution is 0.588. The van der Waals surface area contributed by atoms with Crippen LogP contribution in [0.15, 0.2) is 23.1 Å². The van der Waals surface area contributed by atoms with Gasteiger partial charge in [0.15, 0.2) is 5.01 Å². The summed E-state index contributed by atoms with van der Waals surface area (Å²) in [6, 6.07) is 4.02. The van der Waals surface area contributed by atoms with Crippen molar-refractivity contribution in [1.29, 1.82) is 0 Å². The first-order valence-electron chi connectivity index (χ1n) is 7.41. The Balaban J connectivity index is 2.21. The number of aromatic nitrogens is 3. The molecule has 0 aromatic carbocycles. The average Bonchev–Trinajstić information content (AvgIpc) is 2.88. The number of unbranched alkanes of at least 4 members (excludes halogenated alkanes) is 2. The molecule has 0 spiro atoms. The molecule has 0 radical (unpaired) electrons. The van der Waals surface area contributed by atoms with Crippen molar-refractivity contribution in [2.75, 3.05) is 5.32 Å². The SMILES string of the molecule is CCCCCn1cccc(-c2nnc(NC(C)C)s2)c1=O. The van der Waals surface area contributed by atoms with Gasteiger partial charge < -0.3 is 9.88 Å². The fourth-order valence-corrected chi connectivity index (χ4v) is 2.95. The van der Waals surface area contributed by atoms with E-state index in [9.17, 15) is 4.79 Å². The van der Waals surface area contributed by atoms with Crippen LogP contribution in [0.2, 0.25) is 0 Å². The van der Waals surface area contributed by atoms with Crippen molar-refractivity contribution in [2.45, 2.75) is 52.6 Å². The fraction of sp³-hybridized carbons (Fsp3) is 0.533. The van der Waals surface area contributed by atoms with Gasteiger partial charge in [-0.15, -0.1) is 10.2 Å². The highest BCUT2D eigenvalue weighted by Crippen LogP contribution is 2.24. The van der Waals surface area contributed by atoms with Gasteiger partial charge in [-0.05, 0) is 32.4 Å². The highest BCUT2D eigenvalue weighted by atomic mass is 32.1. The van der Waals surface area contributed by atoms with Gasteiger partial charge in [0, 0.05) is 18.8 Å². The van der Waals surface area contributed by atoms with Crippen LogP contribution in [0.5, 0.6) is 0 Å². The highest BCUT2D eigenvalue weighted by Gasteiger charge is 2.12. The van der Waals surface area contributed by atoms with E-state index in [1.807, 2.05) is 32.2 Å². The van der Waals surface area contributed by atoms with E-state index in [4.69, 9.17) is 0 Å². The predicted octanol–water partition coefficient (Wildman–Crippen LogP) is 3.38. The highest BCUT2D eigenvalue weighted by molar-refractivity contribution is 7.18. The second-order valence-corrected chi connectivity index (χ2v) is 6.32. The number of nitrogens with zero attached hydrogens (tertiary/aromatic N) is 3. The van der Waals surface area contributed by atoms with Crippen molar-refractivity contribution in [3.8, 4) is 10.6 Å². The van der Waals surface area contributed by atoms with Gasteiger partial charge in [-0.2, -0.15) is 0 Å². The molecule has 0 saturated heterocycles. The molecule has 1 N–H and O–H groups in total. The molecule has 2 aromatic rings. The molecule has 0 atom stereocenters. The number of nitrogens with one attached hydrogen (secondary N) is 1. The monoisotopic (exact) mass is 306 g/mol. The van der Waals surface area contributed by atoms with Gasteiger partial charge in [0.25, 0.3) is 5.56 Å². The minimum absolute atomic E-state index is 0.0147. The summed E-state index contributed by atoms with van der Waals surface area (Å²) in [5.41, 5.74) is 0.643. The van der Waals surface area contributed by atoms with E-state index < -0.39 is 0 Å². The molecule has 2 heterocycles. The van der Waals surface area contributed by atoms with Crippen LogP contribution in [0.3, 0.4) is 0 Å². The molecule has 0 aliphatic rings. The molecule has 114 valence electrons. The molecular formula is C15H22N4OS. The summed E-state index contributed by atoms with van der Waals surface area (Å²) in [6.07, 6.45) is 5.15. The summed E-state index contributed by atoms with van der Waals surface area (Å²) in [5.74, 6) is 0. The number of anilines is 1. The normalized spacial score (nSPS) is 11.0. The maximum Gasteiger partial charge on any atom is 0.260 e. The zero-order valence-corrected chi connectivity index (χ0v) is 13.6. The van der Waals surface area contributed by atoms with E-state index in [0.717, 1.165) is 30.9 Å². The molecule has 5 nitrogen and oxygen atoms in total. The van der Waals surface area contributed by atoms with Gasteiger partial charge in [-0.25, -0.2) is 0 Å². The Hall–Kier alpha value is -1.69. The van der Waals surface area contributed by atoms with Crippen LogP contribution in [0, 0.1) is 0 Å². The van der Waals surface area contributed by atoms with E-state index >= 15 is 0 Å². The summed E-state index contributed by atoms with van der Waals surface area (Å²) in [4.78, 5) is 12.5. The first-order chi connectivity index (χ1) is 10.1. The van der Waals surface area contributed by atoms with Gasteiger partial charge in [-0.1, -0.05) is 31.1 Å². The van der Waals surface area contributed by atoms with E-state index in [0.29, 0.717) is 16.6 Å². The van der Waals surface area contributed by atoms with Gasteiger partial charge in [-0.3, -0.25) is 4.79 Å². The molecule has 2 aromatic heterocycles. The summed E-state index contributed by atoms with van der Waals surface area (Å²) >= 11 is 1.42. The Morgan fingerprint density at radius 1 is 1.33 bits per heavy atom. The van der Waals surface area contributed by atoms with Crippen molar-refractivity contribution in [3.63, 3.8) is 0 Å². The Bertz CT molecular complexity index is 633. The molecule has 21 heavy (non-hydrogen) atoms. The Labute approximate surface area is 129 Å². The van der Waals surface area contributed by atoms with Crippen LogP contribution in [-0.4, -0.2) is 20.8 Å². The number of rotatable bonds is 7. The van der Waals surface area contributed by atoms with Crippen molar-refractivity contribution < 1.29 is 0 Å². The fourth-order valence-electron chi connectivity index (χ4n) is 2.05. The van der Waals surface area contributed by atoms with Crippen molar-refractivity contribution in [1.82, 2.24) is 14.8 Å². The third kappa shape index (κ3) is 4.14. The van der Waals surface area contributed by atoms with Gasteiger partial charge >= 0.3 is 0 Å². The molecule has 2 rings (SSSR count). The van der Waals surface area contributed by atoms with Crippen molar-refractivity contribution in [2.24, 2.45) is 0 Å². The molecule has 0 amide bonds. The van der Waals surface area contributed by atoms with Crippen LogP contribution < -0.4 is 10.9 Å². The molecule has 0 aliphatic heterocycles. The third-order valence-corrected chi connectivity index (χ3v) is 3.98. The summed E-state index contributed by atoms with van der Waals surface area (Å²) in [5, 5.41) is 12.9. The second-order valence-electron chi connectivity index (χ2n) is 5.34.